The van der Waals surface area contributed by atoms with E-state index in [2.05, 4.69) is 36.3 Å². The van der Waals surface area contributed by atoms with Gasteiger partial charge in [-0.2, -0.15) is 0 Å². The Hall–Kier alpha value is -1.75. The van der Waals surface area contributed by atoms with Crippen molar-refractivity contribution in [2.75, 3.05) is 19.0 Å². The highest BCUT2D eigenvalue weighted by Gasteiger charge is 2.22. The standard InChI is InChI=1S/C16H20N2O2S/c1-4-5-17-16-18-9-15(21-16)12-8-13-11(6-10(2)20-13)7-14(12)19-3/h7-10H,4-6H2,1-3H3,(H,17,18). The molecule has 2 heterocycles. The summed E-state index contributed by atoms with van der Waals surface area (Å²) in [5.74, 6) is 1.85. The molecule has 0 saturated carbocycles. The second kappa shape index (κ2) is 5.93. The molecule has 0 amide bonds. The number of fused-ring (bicyclic) bond motifs is 1. The Bertz CT molecular complexity index is 639. The fourth-order valence-electron chi connectivity index (χ4n) is 2.51. The smallest absolute Gasteiger partial charge is 0.183 e. The van der Waals surface area contributed by atoms with Crippen LogP contribution >= 0.6 is 11.3 Å². The fraction of sp³-hybridized carbons (Fsp3) is 0.438. The van der Waals surface area contributed by atoms with Gasteiger partial charge in [-0.15, -0.1) is 0 Å². The van der Waals surface area contributed by atoms with Gasteiger partial charge in [0.2, 0.25) is 0 Å². The van der Waals surface area contributed by atoms with Gasteiger partial charge in [0.25, 0.3) is 0 Å². The summed E-state index contributed by atoms with van der Waals surface area (Å²) in [5.41, 5.74) is 2.27. The molecule has 4 nitrogen and oxygen atoms in total. The topological polar surface area (TPSA) is 43.4 Å². The van der Waals surface area contributed by atoms with Crippen molar-refractivity contribution in [3.05, 3.63) is 23.9 Å². The van der Waals surface area contributed by atoms with Gasteiger partial charge in [-0.05, 0) is 25.5 Å². The lowest BCUT2D eigenvalue weighted by Gasteiger charge is -2.09. The molecule has 1 aliphatic heterocycles. The highest BCUT2D eigenvalue weighted by atomic mass is 32.1. The van der Waals surface area contributed by atoms with Crippen LogP contribution < -0.4 is 14.8 Å². The van der Waals surface area contributed by atoms with Crippen molar-refractivity contribution in [1.82, 2.24) is 4.98 Å². The second-order valence-corrected chi connectivity index (χ2v) is 6.28. The van der Waals surface area contributed by atoms with E-state index in [1.165, 1.54) is 5.56 Å². The van der Waals surface area contributed by atoms with Crippen LogP contribution in [-0.4, -0.2) is 24.7 Å². The lowest BCUT2D eigenvalue weighted by molar-refractivity contribution is 0.254. The Labute approximate surface area is 129 Å². The first kappa shape index (κ1) is 14.2. The minimum absolute atomic E-state index is 0.239. The van der Waals surface area contributed by atoms with Crippen LogP contribution in [0.25, 0.3) is 10.4 Å². The van der Waals surface area contributed by atoms with Gasteiger partial charge in [-0.25, -0.2) is 4.98 Å². The molecule has 0 aliphatic carbocycles. The van der Waals surface area contributed by atoms with Gasteiger partial charge < -0.3 is 14.8 Å². The number of nitrogens with one attached hydrogen (secondary N) is 1. The molecule has 0 spiro atoms. The largest absolute Gasteiger partial charge is 0.496 e. The van der Waals surface area contributed by atoms with Crippen LogP contribution in [0.5, 0.6) is 11.5 Å². The first-order valence-corrected chi connectivity index (χ1v) is 8.10. The van der Waals surface area contributed by atoms with Gasteiger partial charge in [0, 0.05) is 30.3 Å². The van der Waals surface area contributed by atoms with Crippen molar-refractivity contribution in [3.8, 4) is 21.9 Å². The third-order valence-electron chi connectivity index (χ3n) is 3.52. The molecular weight excluding hydrogens is 284 g/mol. The highest BCUT2D eigenvalue weighted by molar-refractivity contribution is 7.18. The summed E-state index contributed by atoms with van der Waals surface area (Å²) in [4.78, 5) is 5.52. The number of hydrogen-bond acceptors (Lipinski definition) is 5. The van der Waals surface area contributed by atoms with E-state index in [0.29, 0.717) is 0 Å². The third kappa shape index (κ3) is 2.83. The summed E-state index contributed by atoms with van der Waals surface area (Å²) in [7, 11) is 1.71. The minimum Gasteiger partial charge on any atom is -0.496 e. The second-order valence-electron chi connectivity index (χ2n) is 5.25. The van der Waals surface area contributed by atoms with Crippen LogP contribution in [0.2, 0.25) is 0 Å². The molecule has 0 bridgehead atoms. The highest BCUT2D eigenvalue weighted by Crippen LogP contribution is 2.42. The van der Waals surface area contributed by atoms with E-state index in [-0.39, 0.29) is 6.10 Å². The first-order valence-electron chi connectivity index (χ1n) is 7.29. The molecule has 2 aromatic rings. The monoisotopic (exact) mass is 304 g/mol. The van der Waals surface area contributed by atoms with Crippen LogP contribution in [0.4, 0.5) is 5.13 Å². The summed E-state index contributed by atoms with van der Waals surface area (Å²) in [5, 5.41) is 4.26. The molecule has 1 aromatic heterocycles. The average Bonchev–Trinajstić information content (AvgIpc) is 3.08. The van der Waals surface area contributed by atoms with E-state index in [1.807, 2.05) is 6.20 Å². The van der Waals surface area contributed by atoms with Crippen molar-refractivity contribution in [1.29, 1.82) is 0 Å². The maximum atomic E-state index is 5.85. The lowest BCUT2D eigenvalue weighted by Crippen LogP contribution is -2.05. The molecular formula is C16H20N2O2S. The molecule has 5 heteroatoms. The zero-order chi connectivity index (χ0) is 14.8. The summed E-state index contributed by atoms with van der Waals surface area (Å²) in [6.07, 6.45) is 4.16. The van der Waals surface area contributed by atoms with Crippen molar-refractivity contribution >= 4 is 16.5 Å². The molecule has 1 aromatic carbocycles. The summed E-state index contributed by atoms with van der Waals surface area (Å²) in [6.45, 7) is 5.17. The maximum absolute atomic E-state index is 5.85. The van der Waals surface area contributed by atoms with Gasteiger partial charge in [0.1, 0.15) is 17.6 Å². The minimum atomic E-state index is 0.239. The molecule has 0 saturated heterocycles. The van der Waals surface area contributed by atoms with E-state index in [1.54, 1.807) is 18.4 Å². The molecule has 0 radical (unpaired) electrons. The number of benzene rings is 1. The lowest BCUT2D eigenvalue weighted by atomic mass is 10.1. The van der Waals surface area contributed by atoms with Crippen molar-refractivity contribution in [2.45, 2.75) is 32.8 Å². The Morgan fingerprint density at radius 1 is 1.48 bits per heavy atom. The number of thiazole rings is 1. The quantitative estimate of drug-likeness (QED) is 0.908. The summed E-state index contributed by atoms with van der Waals surface area (Å²) in [6, 6.07) is 4.17. The molecule has 0 fully saturated rings. The molecule has 1 N–H and O–H groups in total. The van der Waals surface area contributed by atoms with Gasteiger partial charge in [-0.3, -0.25) is 0 Å². The van der Waals surface area contributed by atoms with Crippen molar-refractivity contribution in [2.24, 2.45) is 0 Å². The SMILES string of the molecule is CCCNc1ncc(-c2cc3c(cc2OC)CC(C)O3)s1. The molecule has 3 rings (SSSR count). The number of aromatic nitrogens is 1. The maximum Gasteiger partial charge on any atom is 0.183 e. The fourth-order valence-corrected chi connectivity index (χ4v) is 3.38. The Morgan fingerprint density at radius 2 is 2.33 bits per heavy atom. The van der Waals surface area contributed by atoms with Crippen molar-refractivity contribution in [3.63, 3.8) is 0 Å². The Morgan fingerprint density at radius 3 is 3.10 bits per heavy atom. The number of anilines is 1. The van der Waals surface area contributed by atoms with Gasteiger partial charge in [0.05, 0.1) is 12.0 Å². The van der Waals surface area contributed by atoms with E-state index in [9.17, 15) is 0 Å². The average molecular weight is 304 g/mol. The summed E-state index contributed by atoms with van der Waals surface area (Å²) >= 11 is 1.64. The molecule has 112 valence electrons. The number of nitrogens with zero attached hydrogens (tertiary/aromatic N) is 1. The number of hydrogen-bond donors (Lipinski definition) is 1. The molecule has 21 heavy (non-hydrogen) atoms. The van der Waals surface area contributed by atoms with E-state index in [4.69, 9.17) is 9.47 Å². The van der Waals surface area contributed by atoms with Gasteiger partial charge in [0.15, 0.2) is 5.13 Å². The zero-order valence-electron chi connectivity index (χ0n) is 12.6. The van der Waals surface area contributed by atoms with Crippen LogP contribution in [-0.2, 0) is 6.42 Å². The van der Waals surface area contributed by atoms with Crippen LogP contribution in [0, 0.1) is 0 Å². The normalized spacial score (nSPS) is 16.4. The zero-order valence-corrected chi connectivity index (χ0v) is 13.4. The van der Waals surface area contributed by atoms with Crippen LogP contribution in [0.15, 0.2) is 18.3 Å². The predicted octanol–water partition coefficient (Wildman–Crippen LogP) is 3.96. The van der Waals surface area contributed by atoms with Gasteiger partial charge in [-0.1, -0.05) is 18.3 Å². The molecule has 1 unspecified atom stereocenters. The predicted molar refractivity (Wildman–Crippen MR) is 86.7 cm³/mol. The first-order chi connectivity index (χ1) is 10.2. The number of ether oxygens (including phenoxy) is 2. The van der Waals surface area contributed by atoms with Crippen LogP contribution in [0.3, 0.4) is 0 Å². The Balaban J connectivity index is 1.94. The molecule has 1 atom stereocenters. The van der Waals surface area contributed by atoms with Crippen LogP contribution in [0.1, 0.15) is 25.8 Å². The third-order valence-corrected chi connectivity index (χ3v) is 4.50. The van der Waals surface area contributed by atoms with E-state index < -0.39 is 0 Å². The van der Waals surface area contributed by atoms with Gasteiger partial charge >= 0.3 is 0 Å². The van der Waals surface area contributed by atoms with Crippen molar-refractivity contribution < 1.29 is 9.47 Å². The van der Waals surface area contributed by atoms with E-state index >= 15 is 0 Å². The molecule has 1 aliphatic rings. The number of rotatable bonds is 5. The Kier molecular flexibility index (Phi) is 4.01. The van der Waals surface area contributed by atoms with E-state index in [0.717, 1.165) is 46.5 Å². The summed E-state index contributed by atoms with van der Waals surface area (Å²) < 4.78 is 11.4. The number of methoxy groups -OCH3 is 1.